The molecule has 1 saturated heterocycles. The van der Waals surface area contributed by atoms with Gasteiger partial charge in [0.25, 0.3) is 0 Å². The molecule has 0 unspecified atom stereocenters. The van der Waals surface area contributed by atoms with E-state index in [4.69, 9.17) is 0 Å². The highest BCUT2D eigenvalue weighted by atomic mass is 16.2. The predicted octanol–water partition coefficient (Wildman–Crippen LogP) is 1.52. The van der Waals surface area contributed by atoms with Gasteiger partial charge in [0.15, 0.2) is 0 Å². The second-order valence-corrected chi connectivity index (χ2v) is 6.15. The highest BCUT2D eigenvalue weighted by Crippen LogP contribution is 2.32. The molecule has 2 aliphatic rings. The smallest absolute Gasteiger partial charge is 0.225 e. The molecule has 0 radical (unpaired) electrons. The molecule has 0 bridgehead atoms. The summed E-state index contributed by atoms with van der Waals surface area (Å²) in [6.45, 7) is 3.36. The van der Waals surface area contributed by atoms with E-state index in [9.17, 15) is 9.59 Å². The maximum Gasteiger partial charge on any atom is 0.225 e. The lowest BCUT2D eigenvalue weighted by Crippen LogP contribution is -2.35. The van der Waals surface area contributed by atoms with Crippen LogP contribution in [0.1, 0.15) is 37.8 Å². The van der Waals surface area contributed by atoms with Gasteiger partial charge < -0.3 is 10.2 Å². The Morgan fingerprint density at radius 3 is 2.81 bits per heavy atom. The number of nitrogens with zero attached hydrogens (tertiary/aromatic N) is 2. The van der Waals surface area contributed by atoms with Crippen molar-refractivity contribution >= 4 is 11.8 Å². The molecule has 2 amide bonds. The van der Waals surface area contributed by atoms with E-state index >= 15 is 0 Å². The lowest BCUT2D eigenvalue weighted by molar-refractivity contribution is -0.129. The Morgan fingerprint density at radius 1 is 1.43 bits per heavy atom. The standard InChI is InChI=1S/C16H21N3O2/c1-11(13-4-6-17-7-5-13)18-16(21)14-8-15(20)19(10-14)9-12-2-3-12/h4-7,11-12,14H,2-3,8-10H2,1H3,(H,18,21)/t11-,14-/m1/s1. The van der Waals surface area contributed by atoms with Gasteiger partial charge in [-0.15, -0.1) is 0 Å². The fraction of sp³-hybridized carbons (Fsp3) is 0.562. The number of hydrogen-bond acceptors (Lipinski definition) is 3. The van der Waals surface area contributed by atoms with Crippen molar-refractivity contribution in [3.63, 3.8) is 0 Å². The van der Waals surface area contributed by atoms with Crippen molar-refractivity contribution in [2.24, 2.45) is 11.8 Å². The summed E-state index contributed by atoms with van der Waals surface area (Å²) in [7, 11) is 0. The predicted molar refractivity (Wildman–Crippen MR) is 78.2 cm³/mol. The van der Waals surface area contributed by atoms with Gasteiger partial charge in [0.1, 0.15) is 0 Å². The third-order valence-electron chi connectivity index (χ3n) is 4.33. The van der Waals surface area contributed by atoms with Crippen molar-refractivity contribution in [3.05, 3.63) is 30.1 Å². The van der Waals surface area contributed by atoms with Gasteiger partial charge in [-0.1, -0.05) is 0 Å². The first kappa shape index (κ1) is 14.0. The first-order chi connectivity index (χ1) is 10.1. The molecule has 1 saturated carbocycles. The largest absolute Gasteiger partial charge is 0.349 e. The average molecular weight is 287 g/mol. The first-order valence-electron chi connectivity index (χ1n) is 7.61. The summed E-state index contributed by atoms with van der Waals surface area (Å²) < 4.78 is 0. The summed E-state index contributed by atoms with van der Waals surface area (Å²) in [5.41, 5.74) is 1.03. The molecule has 21 heavy (non-hydrogen) atoms. The minimum Gasteiger partial charge on any atom is -0.349 e. The van der Waals surface area contributed by atoms with E-state index in [1.807, 2.05) is 24.0 Å². The fourth-order valence-electron chi connectivity index (χ4n) is 2.80. The monoisotopic (exact) mass is 287 g/mol. The van der Waals surface area contributed by atoms with Crippen LogP contribution in [0, 0.1) is 11.8 Å². The molecule has 3 rings (SSSR count). The van der Waals surface area contributed by atoms with E-state index in [2.05, 4.69) is 10.3 Å². The SMILES string of the molecule is C[C@@H](NC(=O)[C@@H]1CC(=O)N(CC2CC2)C1)c1ccncc1. The quantitative estimate of drug-likeness (QED) is 0.893. The Labute approximate surface area is 124 Å². The van der Waals surface area contributed by atoms with Gasteiger partial charge in [0.2, 0.25) is 11.8 Å². The Hall–Kier alpha value is -1.91. The van der Waals surface area contributed by atoms with Crippen molar-refractivity contribution in [1.82, 2.24) is 15.2 Å². The number of aromatic nitrogens is 1. The zero-order chi connectivity index (χ0) is 14.8. The zero-order valence-corrected chi connectivity index (χ0v) is 12.3. The van der Waals surface area contributed by atoms with Gasteiger partial charge in [0.05, 0.1) is 12.0 Å². The van der Waals surface area contributed by atoms with Crippen molar-refractivity contribution in [2.75, 3.05) is 13.1 Å². The van der Waals surface area contributed by atoms with Crippen LogP contribution in [0.2, 0.25) is 0 Å². The van der Waals surface area contributed by atoms with Crippen LogP contribution >= 0.6 is 0 Å². The molecule has 2 atom stereocenters. The van der Waals surface area contributed by atoms with Crippen LogP contribution in [0.25, 0.3) is 0 Å². The number of likely N-dealkylation sites (tertiary alicyclic amines) is 1. The van der Waals surface area contributed by atoms with Crippen LogP contribution in [0.4, 0.5) is 0 Å². The van der Waals surface area contributed by atoms with E-state index in [1.54, 1.807) is 12.4 Å². The number of rotatable bonds is 5. The summed E-state index contributed by atoms with van der Waals surface area (Å²) in [4.78, 5) is 30.1. The Morgan fingerprint density at radius 2 is 2.14 bits per heavy atom. The van der Waals surface area contributed by atoms with Gasteiger partial charge in [-0.3, -0.25) is 14.6 Å². The number of hydrogen-bond donors (Lipinski definition) is 1. The van der Waals surface area contributed by atoms with Crippen LogP contribution in [-0.4, -0.2) is 34.8 Å². The van der Waals surface area contributed by atoms with Crippen LogP contribution < -0.4 is 5.32 Å². The van der Waals surface area contributed by atoms with E-state index in [0.29, 0.717) is 18.9 Å². The lowest BCUT2D eigenvalue weighted by Gasteiger charge is -2.18. The van der Waals surface area contributed by atoms with E-state index in [-0.39, 0.29) is 23.8 Å². The van der Waals surface area contributed by atoms with E-state index in [1.165, 1.54) is 12.8 Å². The number of carbonyl (C=O) groups is 2. The van der Waals surface area contributed by atoms with Gasteiger partial charge >= 0.3 is 0 Å². The van der Waals surface area contributed by atoms with Crippen LogP contribution in [0.5, 0.6) is 0 Å². The van der Waals surface area contributed by atoms with Gasteiger partial charge in [-0.25, -0.2) is 0 Å². The first-order valence-corrected chi connectivity index (χ1v) is 7.61. The zero-order valence-electron chi connectivity index (χ0n) is 12.3. The normalized spacial score (nSPS) is 23.2. The summed E-state index contributed by atoms with van der Waals surface area (Å²) in [5, 5.41) is 3.00. The second kappa shape index (κ2) is 5.84. The topological polar surface area (TPSA) is 62.3 Å². The maximum atomic E-state index is 12.3. The molecule has 0 spiro atoms. The van der Waals surface area contributed by atoms with Crippen molar-refractivity contribution in [1.29, 1.82) is 0 Å². The summed E-state index contributed by atoms with van der Waals surface area (Å²) in [6, 6.07) is 3.72. The highest BCUT2D eigenvalue weighted by molar-refractivity contribution is 5.89. The molecule has 1 N–H and O–H groups in total. The summed E-state index contributed by atoms with van der Waals surface area (Å²) >= 11 is 0. The third-order valence-corrected chi connectivity index (χ3v) is 4.33. The maximum absolute atomic E-state index is 12.3. The molecular weight excluding hydrogens is 266 g/mol. The van der Waals surface area contributed by atoms with Crippen molar-refractivity contribution < 1.29 is 9.59 Å². The van der Waals surface area contributed by atoms with Crippen LogP contribution in [0.15, 0.2) is 24.5 Å². The van der Waals surface area contributed by atoms with Crippen molar-refractivity contribution in [2.45, 2.75) is 32.2 Å². The number of amides is 2. The summed E-state index contributed by atoms with van der Waals surface area (Å²) in [6.07, 6.45) is 6.23. The molecule has 5 heteroatoms. The minimum atomic E-state index is -0.208. The number of nitrogens with one attached hydrogen (secondary N) is 1. The molecular formula is C16H21N3O2. The summed E-state index contributed by atoms with van der Waals surface area (Å²) in [5.74, 6) is 0.566. The molecule has 1 aliphatic heterocycles. The fourth-order valence-corrected chi connectivity index (χ4v) is 2.80. The van der Waals surface area contributed by atoms with E-state index < -0.39 is 0 Å². The Bertz CT molecular complexity index is 528. The lowest BCUT2D eigenvalue weighted by atomic mass is 10.1. The Balaban J connectivity index is 1.54. The molecule has 1 aromatic heterocycles. The third kappa shape index (κ3) is 3.40. The van der Waals surface area contributed by atoms with Crippen LogP contribution in [-0.2, 0) is 9.59 Å². The van der Waals surface area contributed by atoms with E-state index in [0.717, 1.165) is 12.1 Å². The molecule has 2 heterocycles. The Kier molecular flexibility index (Phi) is 3.90. The number of pyridine rings is 1. The van der Waals surface area contributed by atoms with Gasteiger partial charge in [-0.05, 0) is 43.4 Å². The van der Waals surface area contributed by atoms with Gasteiger partial charge in [0, 0.05) is 31.9 Å². The highest BCUT2D eigenvalue weighted by Gasteiger charge is 2.37. The average Bonchev–Trinajstić information content (AvgIpc) is 3.23. The molecule has 5 nitrogen and oxygen atoms in total. The molecule has 112 valence electrons. The minimum absolute atomic E-state index is 0.0223. The molecule has 1 aromatic rings. The second-order valence-electron chi connectivity index (χ2n) is 6.15. The molecule has 1 aliphatic carbocycles. The molecule has 2 fully saturated rings. The van der Waals surface area contributed by atoms with Crippen LogP contribution in [0.3, 0.4) is 0 Å². The van der Waals surface area contributed by atoms with Crippen molar-refractivity contribution in [3.8, 4) is 0 Å². The molecule has 0 aromatic carbocycles. The number of carbonyl (C=O) groups excluding carboxylic acids is 2. The van der Waals surface area contributed by atoms with Gasteiger partial charge in [-0.2, -0.15) is 0 Å².